The molecule has 13 heteroatoms. The Balaban J connectivity index is 1.87. The van der Waals surface area contributed by atoms with E-state index >= 15 is 0 Å². The molecule has 2 aliphatic carbocycles. The van der Waals surface area contributed by atoms with Crippen LogP contribution in [0.1, 0.15) is 100 Å². The van der Waals surface area contributed by atoms with Crippen LogP contribution in [0.15, 0.2) is 0 Å². The van der Waals surface area contributed by atoms with Crippen LogP contribution in [0.4, 0.5) is 4.79 Å². The largest absolute Gasteiger partial charge is 0.353 e. The Hall–Kier alpha value is -3.14. The van der Waals surface area contributed by atoms with Crippen LogP contribution in [0.3, 0.4) is 0 Å². The lowest BCUT2D eigenvalue weighted by atomic mass is 9.83. The highest BCUT2D eigenvalue weighted by molar-refractivity contribution is 7.92. The SMILES string of the molecule is C#CCCC(NC(=O)[C@@H]1C2[C@H](CN1C(=O)[C@@H](NC(=O)NC1(CS(=O)(=O)C(C)(C)C)CCCCC1)C(C)(C)C)C2(C)C)C(=O)C(=O)NC. The fraction of sp³-hybridized carbons (Fsp3) is 0.794. The molecule has 0 aromatic heterocycles. The monoisotopic (exact) mass is 677 g/mol. The standard InChI is InChI=1S/C34H55N5O7S/c1-11-12-16-22(25(40)28(42)35-10)36-27(41)24-23-21(33(23,8)9)19-39(24)29(43)26(31(2,3)4)37-30(44)38-34(17-14-13-15-18-34)20-47(45,46)32(5,6)7/h1,21-24,26H,12-20H2,2-10H3,(H,35,42)(H,36,41)(H2,37,38,44)/t21-,22?,23?,24-,26+/m0/s1. The van der Waals surface area contributed by atoms with Crippen LogP contribution in [-0.2, 0) is 29.0 Å². The van der Waals surface area contributed by atoms with E-state index < -0.39 is 73.2 Å². The van der Waals surface area contributed by atoms with Crippen molar-refractivity contribution in [3.05, 3.63) is 0 Å². The average Bonchev–Trinajstić information content (AvgIpc) is 3.27. The number of hydrogen-bond donors (Lipinski definition) is 4. The zero-order chi connectivity index (χ0) is 35.8. The number of rotatable bonds is 11. The number of likely N-dealkylation sites (tertiary alicyclic amines) is 1. The molecule has 1 heterocycles. The van der Waals surface area contributed by atoms with Crippen molar-refractivity contribution in [3.8, 4) is 12.3 Å². The van der Waals surface area contributed by atoms with Crippen LogP contribution in [0.2, 0.25) is 0 Å². The zero-order valence-electron chi connectivity index (χ0n) is 29.5. The number of fused-ring (bicyclic) bond motifs is 1. The van der Waals surface area contributed by atoms with Gasteiger partial charge in [0.05, 0.1) is 22.1 Å². The number of terminal acetylenes is 1. The van der Waals surface area contributed by atoms with Gasteiger partial charge in [0, 0.05) is 20.0 Å². The molecule has 4 N–H and O–H groups in total. The van der Waals surface area contributed by atoms with Gasteiger partial charge in [-0.2, -0.15) is 0 Å². The molecule has 3 fully saturated rings. The quantitative estimate of drug-likeness (QED) is 0.192. The van der Waals surface area contributed by atoms with E-state index in [1.165, 1.54) is 11.9 Å². The molecule has 0 spiro atoms. The summed E-state index contributed by atoms with van der Waals surface area (Å²) in [6, 6.07) is -3.78. The molecule has 0 aromatic carbocycles. The van der Waals surface area contributed by atoms with Crippen molar-refractivity contribution in [1.82, 2.24) is 26.2 Å². The molecule has 3 aliphatic rings. The highest BCUT2D eigenvalue weighted by atomic mass is 32.2. The van der Waals surface area contributed by atoms with Crippen molar-refractivity contribution in [3.63, 3.8) is 0 Å². The van der Waals surface area contributed by atoms with Gasteiger partial charge in [-0.15, -0.1) is 12.3 Å². The number of Topliss-reactive ketones (excluding diaryl/α,β-unsaturated/α-hetero) is 1. The molecule has 0 aromatic rings. The molecule has 2 saturated carbocycles. The van der Waals surface area contributed by atoms with E-state index in [-0.39, 0.29) is 42.4 Å². The molecular formula is C34H55N5O7S. The maximum Gasteiger partial charge on any atom is 0.315 e. The third-order valence-electron chi connectivity index (χ3n) is 10.4. The molecule has 0 radical (unpaired) electrons. The molecule has 5 amide bonds. The number of amides is 5. The Morgan fingerprint density at radius 2 is 1.57 bits per heavy atom. The Morgan fingerprint density at radius 3 is 2.09 bits per heavy atom. The maximum absolute atomic E-state index is 14.3. The molecule has 12 nitrogen and oxygen atoms in total. The normalized spacial score (nSPS) is 24.5. The first-order chi connectivity index (χ1) is 21.5. The number of carbonyl (C=O) groups is 5. The van der Waals surface area contributed by atoms with Crippen molar-refractivity contribution in [2.45, 2.75) is 129 Å². The van der Waals surface area contributed by atoms with Crippen molar-refractivity contribution in [2.24, 2.45) is 22.7 Å². The summed E-state index contributed by atoms with van der Waals surface area (Å²) >= 11 is 0. The van der Waals surface area contributed by atoms with E-state index in [1.54, 1.807) is 20.8 Å². The van der Waals surface area contributed by atoms with Gasteiger partial charge in [-0.05, 0) is 62.7 Å². The molecule has 47 heavy (non-hydrogen) atoms. The van der Waals surface area contributed by atoms with Gasteiger partial charge in [0.1, 0.15) is 12.1 Å². The summed E-state index contributed by atoms with van der Waals surface area (Å²) in [4.78, 5) is 68.3. The molecule has 1 aliphatic heterocycles. The summed E-state index contributed by atoms with van der Waals surface area (Å²) in [6.07, 6.45) is 9.12. The molecule has 2 unspecified atom stereocenters. The zero-order valence-corrected chi connectivity index (χ0v) is 30.4. The minimum atomic E-state index is -3.57. The van der Waals surface area contributed by atoms with Crippen molar-refractivity contribution in [2.75, 3.05) is 19.3 Å². The predicted octanol–water partition coefficient (Wildman–Crippen LogP) is 2.31. The Kier molecular flexibility index (Phi) is 11.2. The summed E-state index contributed by atoms with van der Waals surface area (Å²) in [5.74, 6) is -0.606. The highest BCUT2D eigenvalue weighted by Crippen LogP contribution is 2.65. The van der Waals surface area contributed by atoms with Gasteiger partial charge in [-0.3, -0.25) is 19.2 Å². The second-order valence-electron chi connectivity index (χ2n) is 16.2. The number of nitrogens with one attached hydrogen (secondary N) is 4. The van der Waals surface area contributed by atoms with Crippen molar-refractivity contribution < 1.29 is 32.4 Å². The van der Waals surface area contributed by atoms with Crippen molar-refractivity contribution in [1.29, 1.82) is 0 Å². The van der Waals surface area contributed by atoms with Crippen LogP contribution in [0.5, 0.6) is 0 Å². The third-order valence-corrected chi connectivity index (χ3v) is 13.2. The van der Waals surface area contributed by atoms with Crippen LogP contribution in [-0.4, -0.2) is 90.6 Å². The van der Waals surface area contributed by atoms with Gasteiger partial charge in [0.2, 0.25) is 17.6 Å². The molecule has 264 valence electrons. The number of sulfone groups is 1. The number of ketones is 1. The van der Waals surface area contributed by atoms with Crippen LogP contribution in [0, 0.1) is 35.0 Å². The minimum Gasteiger partial charge on any atom is -0.353 e. The van der Waals surface area contributed by atoms with Gasteiger partial charge in [-0.25, -0.2) is 13.2 Å². The van der Waals surface area contributed by atoms with E-state index in [0.717, 1.165) is 19.3 Å². The summed E-state index contributed by atoms with van der Waals surface area (Å²) in [5, 5.41) is 10.8. The van der Waals surface area contributed by atoms with Gasteiger partial charge in [0.15, 0.2) is 9.84 Å². The van der Waals surface area contributed by atoms with Crippen LogP contribution < -0.4 is 21.3 Å². The van der Waals surface area contributed by atoms with Gasteiger partial charge in [-0.1, -0.05) is 53.9 Å². The number of piperidine rings is 1. The highest BCUT2D eigenvalue weighted by Gasteiger charge is 2.70. The van der Waals surface area contributed by atoms with E-state index in [1.807, 2.05) is 34.6 Å². The molecular weight excluding hydrogens is 622 g/mol. The van der Waals surface area contributed by atoms with E-state index in [0.29, 0.717) is 12.8 Å². The number of likely N-dealkylation sites (N-methyl/N-ethyl adjacent to an activating group) is 1. The van der Waals surface area contributed by atoms with Crippen molar-refractivity contribution >= 4 is 39.4 Å². The summed E-state index contributed by atoms with van der Waals surface area (Å²) in [6.45, 7) is 14.7. The first-order valence-corrected chi connectivity index (χ1v) is 18.3. The topological polar surface area (TPSA) is 171 Å². The third kappa shape index (κ3) is 8.30. The number of hydrogen-bond acceptors (Lipinski definition) is 7. The number of urea groups is 1. The first-order valence-electron chi connectivity index (χ1n) is 16.6. The summed E-state index contributed by atoms with van der Waals surface area (Å²) in [7, 11) is -2.24. The van der Waals surface area contributed by atoms with Gasteiger partial charge >= 0.3 is 6.03 Å². The number of nitrogens with zero attached hydrogens (tertiary/aromatic N) is 1. The van der Waals surface area contributed by atoms with E-state index in [9.17, 15) is 32.4 Å². The fourth-order valence-corrected chi connectivity index (χ4v) is 8.71. The Labute approximate surface area is 280 Å². The maximum atomic E-state index is 14.3. The first kappa shape index (κ1) is 38.3. The lowest BCUT2D eigenvalue weighted by Gasteiger charge is -2.41. The fourth-order valence-electron chi connectivity index (χ4n) is 7.18. The average molecular weight is 678 g/mol. The second-order valence-corrected chi connectivity index (χ2v) is 19.0. The molecule has 0 bridgehead atoms. The molecule has 1 saturated heterocycles. The minimum absolute atomic E-state index is 0.0311. The molecule has 3 rings (SSSR count). The van der Waals surface area contributed by atoms with Gasteiger partial charge < -0.3 is 26.2 Å². The second kappa shape index (κ2) is 13.8. The van der Waals surface area contributed by atoms with Gasteiger partial charge in [0.25, 0.3) is 5.91 Å². The number of carbonyl (C=O) groups excluding carboxylic acids is 5. The Morgan fingerprint density at radius 1 is 0.979 bits per heavy atom. The smallest absolute Gasteiger partial charge is 0.315 e. The van der Waals surface area contributed by atoms with Crippen LogP contribution in [0.25, 0.3) is 0 Å². The van der Waals surface area contributed by atoms with E-state index in [2.05, 4.69) is 27.2 Å². The molecule has 5 atom stereocenters. The Bertz CT molecular complexity index is 1400. The summed E-state index contributed by atoms with van der Waals surface area (Å²) in [5.41, 5.74) is -1.97. The van der Waals surface area contributed by atoms with E-state index in [4.69, 9.17) is 6.42 Å². The van der Waals surface area contributed by atoms with Crippen LogP contribution >= 0.6 is 0 Å². The summed E-state index contributed by atoms with van der Waals surface area (Å²) < 4.78 is 25.5. The lowest BCUT2D eigenvalue weighted by Crippen LogP contribution is -2.64. The predicted molar refractivity (Wildman–Crippen MR) is 180 cm³/mol. The lowest BCUT2D eigenvalue weighted by molar-refractivity contribution is -0.145.